The number of ether oxygens (including phenoxy) is 1. The fraction of sp³-hybridized carbons (Fsp3) is 0.364. The number of piperidine rings is 1. The first-order valence-corrected chi connectivity index (χ1v) is 11.8. The molecule has 2 amide bonds. The van der Waals surface area contributed by atoms with Crippen molar-refractivity contribution in [1.29, 1.82) is 0 Å². The van der Waals surface area contributed by atoms with Gasteiger partial charge in [-0.1, -0.05) is 12.1 Å². The summed E-state index contributed by atoms with van der Waals surface area (Å²) >= 11 is 0. The third kappa shape index (κ3) is 6.04. The molecular formula is C22H26FN3O5S. The molecule has 2 aromatic rings. The number of carbonyl (C=O) groups is 2. The van der Waals surface area contributed by atoms with Gasteiger partial charge in [0.1, 0.15) is 11.6 Å². The van der Waals surface area contributed by atoms with Crippen molar-refractivity contribution in [3.05, 3.63) is 54.3 Å². The Kier molecular flexibility index (Phi) is 7.81. The number of sulfonamides is 1. The summed E-state index contributed by atoms with van der Waals surface area (Å²) < 4.78 is 45.0. The highest BCUT2D eigenvalue weighted by Crippen LogP contribution is 2.26. The number of halogens is 1. The van der Waals surface area contributed by atoms with E-state index in [2.05, 4.69) is 10.0 Å². The molecule has 0 saturated carbocycles. The highest BCUT2D eigenvalue weighted by molar-refractivity contribution is 7.89. The molecule has 1 heterocycles. The molecule has 3 rings (SSSR count). The first-order chi connectivity index (χ1) is 15.3. The van der Waals surface area contributed by atoms with Gasteiger partial charge in [-0.3, -0.25) is 9.59 Å². The molecule has 172 valence electrons. The van der Waals surface area contributed by atoms with Crippen molar-refractivity contribution in [3.8, 4) is 5.75 Å². The summed E-state index contributed by atoms with van der Waals surface area (Å²) in [6, 6.07) is 11.6. The second-order valence-corrected chi connectivity index (χ2v) is 9.21. The summed E-state index contributed by atoms with van der Waals surface area (Å²) in [5.74, 6) is -0.472. The van der Waals surface area contributed by atoms with Gasteiger partial charge in [-0.05, 0) is 49.2 Å². The average Bonchev–Trinajstić information content (AvgIpc) is 2.79. The molecule has 32 heavy (non-hydrogen) atoms. The van der Waals surface area contributed by atoms with Crippen LogP contribution >= 0.6 is 0 Å². The zero-order chi connectivity index (χ0) is 23.1. The molecule has 0 unspecified atom stereocenters. The predicted molar refractivity (Wildman–Crippen MR) is 117 cm³/mol. The van der Waals surface area contributed by atoms with E-state index in [0.29, 0.717) is 37.4 Å². The number of hydrogen-bond donors (Lipinski definition) is 2. The van der Waals surface area contributed by atoms with E-state index in [1.165, 1.54) is 19.2 Å². The van der Waals surface area contributed by atoms with Gasteiger partial charge in [0.2, 0.25) is 21.8 Å². The molecule has 1 fully saturated rings. The molecule has 1 saturated heterocycles. The number of nitrogens with zero attached hydrogens (tertiary/aromatic N) is 1. The second-order valence-electron chi connectivity index (χ2n) is 7.45. The van der Waals surface area contributed by atoms with Gasteiger partial charge in [0.05, 0.1) is 17.7 Å². The van der Waals surface area contributed by atoms with E-state index >= 15 is 0 Å². The van der Waals surface area contributed by atoms with Gasteiger partial charge in [0, 0.05) is 32.0 Å². The van der Waals surface area contributed by atoms with E-state index in [1.807, 2.05) is 12.1 Å². The average molecular weight is 464 g/mol. The highest BCUT2D eigenvalue weighted by atomic mass is 32.2. The Morgan fingerprint density at radius 1 is 1.09 bits per heavy atom. The van der Waals surface area contributed by atoms with Crippen molar-refractivity contribution >= 4 is 27.5 Å². The van der Waals surface area contributed by atoms with E-state index in [4.69, 9.17) is 4.74 Å². The summed E-state index contributed by atoms with van der Waals surface area (Å²) in [5.41, 5.74) is 0.604. The number of benzene rings is 2. The van der Waals surface area contributed by atoms with Crippen LogP contribution in [-0.2, 0) is 19.6 Å². The number of hydrogen-bond acceptors (Lipinski definition) is 5. The van der Waals surface area contributed by atoms with E-state index in [-0.39, 0.29) is 35.6 Å². The maximum atomic E-state index is 13.0. The van der Waals surface area contributed by atoms with Crippen molar-refractivity contribution in [1.82, 2.24) is 9.62 Å². The van der Waals surface area contributed by atoms with Gasteiger partial charge >= 0.3 is 0 Å². The number of anilines is 1. The van der Waals surface area contributed by atoms with Crippen LogP contribution in [0.25, 0.3) is 0 Å². The predicted octanol–water partition coefficient (Wildman–Crippen LogP) is 2.38. The van der Waals surface area contributed by atoms with Crippen LogP contribution in [0.15, 0.2) is 53.4 Å². The SMILES string of the molecule is COc1ccccc1NC(=O)C1CCN(C(=O)CCNS(=O)(=O)c2ccc(F)cc2)CC1. The van der Waals surface area contributed by atoms with Crippen LogP contribution in [0.2, 0.25) is 0 Å². The van der Waals surface area contributed by atoms with Crippen LogP contribution < -0.4 is 14.8 Å². The molecule has 2 N–H and O–H groups in total. The largest absolute Gasteiger partial charge is 0.495 e. The molecule has 1 aliphatic rings. The molecule has 2 aromatic carbocycles. The zero-order valence-electron chi connectivity index (χ0n) is 17.7. The number of methoxy groups -OCH3 is 1. The first kappa shape index (κ1) is 23.7. The molecule has 0 aromatic heterocycles. The van der Waals surface area contributed by atoms with Gasteiger partial charge < -0.3 is 15.0 Å². The summed E-state index contributed by atoms with van der Waals surface area (Å²) in [6.07, 6.45) is 1.04. The monoisotopic (exact) mass is 463 g/mol. The molecule has 0 spiro atoms. The van der Waals surface area contributed by atoms with Crippen LogP contribution in [0.5, 0.6) is 5.75 Å². The van der Waals surface area contributed by atoms with Crippen LogP contribution in [0.3, 0.4) is 0 Å². The number of para-hydroxylation sites is 2. The van der Waals surface area contributed by atoms with Crippen LogP contribution in [0.4, 0.5) is 10.1 Å². The van der Waals surface area contributed by atoms with Crippen molar-refractivity contribution in [3.63, 3.8) is 0 Å². The van der Waals surface area contributed by atoms with Crippen molar-refractivity contribution in [2.24, 2.45) is 5.92 Å². The van der Waals surface area contributed by atoms with Gasteiger partial charge in [0.25, 0.3) is 0 Å². The molecule has 1 aliphatic heterocycles. The molecule has 0 bridgehead atoms. The summed E-state index contributed by atoms with van der Waals surface area (Å²) in [5, 5.41) is 2.88. The van der Waals surface area contributed by atoms with Crippen LogP contribution in [-0.4, -0.2) is 51.9 Å². The Morgan fingerprint density at radius 2 is 1.75 bits per heavy atom. The Balaban J connectivity index is 1.44. The Bertz CT molecular complexity index is 1050. The normalized spacial score (nSPS) is 14.8. The van der Waals surface area contributed by atoms with E-state index < -0.39 is 15.8 Å². The topological polar surface area (TPSA) is 105 Å². The maximum Gasteiger partial charge on any atom is 0.240 e. The molecule has 0 radical (unpaired) electrons. The number of nitrogens with one attached hydrogen (secondary N) is 2. The van der Waals surface area contributed by atoms with E-state index in [1.54, 1.807) is 17.0 Å². The van der Waals surface area contributed by atoms with Crippen molar-refractivity contribution in [2.75, 3.05) is 32.1 Å². The van der Waals surface area contributed by atoms with Crippen LogP contribution in [0, 0.1) is 11.7 Å². The zero-order valence-corrected chi connectivity index (χ0v) is 18.5. The van der Waals surface area contributed by atoms with E-state index in [9.17, 15) is 22.4 Å². The Labute approximate surface area is 186 Å². The number of rotatable bonds is 8. The molecule has 0 aliphatic carbocycles. The van der Waals surface area contributed by atoms with Gasteiger partial charge in [0.15, 0.2) is 0 Å². The molecule has 10 heteroatoms. The second kappa shape index (κ2) is 10.6. The minimum absolute atomic E-state index is 0.00149. The minimum Gasteiger partial charge on any atom is -0.495 e. The summed E-state index contributed by atoms with van der Waals surface area (Å²) in [4.78, 5) is 26.6. The molecule has 0 atom stereocenters. The number of carbonyl (C=O) groups excluding carboxylic acids is 2. The van der Waals surface area contributed by atoms with E-state index in [0.717, 1.165) is 12.1 Å². The number of likely N-dealkylation sites (tertiary alicyclic amines) is 1. The quantitative estimate of drug-likeness (QED) is 0.626. The summed E-state index contributed by atoms with van der Waals surface area (Å²) in [6.45, 7) is 0.786. The lowest BCUT2D eigenvalue weighted by atomic mass is 9.95. The third-order valence-electron chi connectivity index (χ3n) is 5.34. The Hall–Kier alpha value is -2.98. The molecule has 8 nitrogen and oxygen atoms in total. The van der Waals surface area contributed by atoms with Gasteiger partial charge in [-0.15, -0.1) is 0 Å². The van der Waals surface area contributed by atoms with Crippen molar-refractivity contribution < 1.29 is 27.1 Å². The summed E-state index contributed by atoms with van der Waals surface area (Å²) in [7, 11) is -2.27. The fourth-order valence-corrected chi connectivity index (χ4v) is 4.55. The van der Waals surface area contributed by atoms with Crippen molar-refractivity contribution in [2.45, 2.75) is 24.2 Å². The van der Waals surface area contributed by atoms with Gasteiger partial charge in [-0.25, -0.2) is 17.5 Å². The lowest BCUT2D eigenvalue weighted by Gasteiger charge is -2.31. The van der Waals surface area contributed by atoms with Crippen LogP contribution in [0.1, 0.15) is 19.3 Å². The number of amides is 2. The fourth-order valence-electron chi connectivity index (χ4n) is 3.52. The standard InChI is InChI=1S/C22H26FN3O5S/c1-31-20-5-3-2-4-19(20)25-22(28)16-11-14-26(15-12-16)21(27)10-13-24-32(29,30)18-8-6-17(23)7-9-18/h2-9,16,24H,10-15H2,1H3,(H,25,28). The minimum atomic E-state index is -3.81. The van der Waals surface area contributed by atoms with Gasteiger partial charge in [-0.2, -0.15) is 0 Å². The highest BCUT2D eigenvalue weighted by Gasteiger charge is 2.28. The Morgan fingerprint density at radius 3 is 2.41 bits per heavy atom. The molecular weight excluding hydrogens is 437 g/mol. The smallest absolute Gasteiger partial charge is 0.240 e. The maximum absolute atomic E-state index is 13.0. The first-order valence-electron chi connectivity index (χ1n) is 10.3. The lowest BCUT2D eigenvalue weighted by molar-refractivity contribution is -0.134. The third-order valence-corrected chi connectivity index (χ3v) is 6.82. The lowest BCUT2D eigenvalue weighted by Crippen LogP contribution is -2.42.